The lowest BCUT2D eigenvalue weighted by molar-refractivity contribution is 1.12. The Morgan fingerprint density at radius 1 is 0.305 bits per heavy atom. The molecule has 12 rings (SSSR count). The van der Waals surface area contributed by atoms with Gasteiger partial charge < -0.3 is 13.7 Å². The number of nitrogens with zero attached hydrogens (tertiary/aromatic N) is 5. The van der Waals surface area contributed by atoms with Crippen LogP contribution in [0.15, 0.2) is 212 Å². The van der Waals surface area contributed by atoms with Crippen LogP contribution in [0.5, 0.6) is 0 Å². The van der Waals surface area contributed by atoms with Gasteiger partial charge in [-0.2, -0.15) is 0 Å². The molecule has 0 saturated carbocycles. The lowest BCUT2D eigenvalue weighted by atomic mass is 10.1. The van der Waals surface area contributed by atoms with Crippen LogP contribution in [0.1, 0.15) is 0 Å². The van der Waals surface area contributed by atoms with Gasteiger partial charge in [0.1, 0.15) is 0 Å². The minimum atomic E-state index is 0.680. The molecular formula is C54H35N5. The Balaban J connectivity index is 1.15. The van der Waals surface area contributed by atoms with Crippen molar-refractivity contribution in [3.8, 4) is 51.0 Å². The zero-order valence-corrected chi connectivity index (χ0v) is 31.9. The number of hydrogen-bond donors (Lipinski definition) is 0. The second-order valence-corrected chi connectivity index (χ2v) is 15.1. The van der Waals surface area contributed by atoms with Crippen molar-refractivity contribution in [2.24, 2.45) is 0 Å². The molecule has 0 spiro atoms. The van der Waals surface area contributed by atoms with Gasteiger partial charge in [-0.3, -0.25) is 0 Å². The molecule has 0 aliphatic heterocycles. The van der Waals surface area contributed by atoms with Crippen LogP contribution >= 0.6 is 0 Å². The van der Waals surface area contributed by atoms with Crippen LogP contribution in [0.3, 0.4) is 0 Å². The highest BCUT2D eigenvalue weighted by molar-refractivity contribution is 6.20. The van der Waals surface area contributed by atoms with E-state index in [1.807, 2.05) is 12.1 Å². The molecule has 4 heterocycles. The normalized spacial score (nSPS) is 11.7. The Morgan fingerprint density at radius 2 is 0.814 bits per heavy atom. The van der Waals surface area contributed by atoms with Crippen molar-refractivity contribution in [1.29, 1.82) is 0 Å². The molecule has 4 aromatic heterocycles. The minimum absolute atomic E-state index is 0.680. The lowest BCUT2D eigenvalue weighted by Gasteiger charge is -2.13. The molecule has 0 aliphatic carbocycles. The van der Waals surface area contributed by atoms with Crippen molar-refractivity contribution in [3.05, 3.63) is 212 Å². The summed E-state index contributed by atoms with van der Waals surface area (Å²) in [7, 11) is 0. The molecule has 12 aromatic rings. The first-order valence-electron chi connectivity index (χ1n) is 20.0. The van der Waals surface area contributed by atoms with Crippen LogP contribution in [0.25, 0.3) is 105 Å². The van der Waals surface area contributed by atoms with Gasteiger partial charge >= 0.3 is 0 Å². The van der Waals surface area contributed by atoms with E-state index in [1.54, 1.807) is 0 Å². The Bertz CT molecular complexity index is 3470. The smallest absolute Gasteiger partial charge is 0.160 e. The second-order valence-electron chi connectivity index (χ2n) is 15.1. The molecule has 0 saturated heterocycles. The van der Waals surface area contributed by atoms with Gasteiger partial charge in [0.05, 0.1) is 39.0 Å². The standard InChI is InChI=1S/C54H35N5/c1-5-16-36(17-6-1)47-33-48(37-18-7-2-8-19-37)56-54(55-47)39-20-15-25-42(30-39)59-51-34-50-38(28-29-57(50)40-21-9-3-10-22-40)31-44(51)46-32-45-43-26-13-14-27-49(43)58(52(45)35-53(46)59)41-23-11-4-12-24-41/h1-35H. The van der Waals surface area contributed by atoms with Crippen molar-refractivity contribution in [3.63, 3.8) is 0 Å². The fraction of sp³-hybridized carbons (Fsp3) is 0. The number of fused-ring (bicyclic) bond motifs is 7. The molecule has 0 radical (unpaired) electrons. The van der Waals surface area contributed by atoms with Crippen molar-refractivity contribution in [1.82, 2.24) is 23.7 Å². The van der Waals surface area contributed by atoms with Gasteiger partial charge in [-0.05, 0) is 78.9 Å². The van der Waals surface area contributed by atoms with Crippen LogP contribution < -0.4 is 0 Å². The van der Waals surface area contributed by atoms with Gasteiger partial charge in [0, 0.05) is 66.9 Å². The highest BCUT2D eigenvalue weighted by Crippen LogP contribution is 2.41. The van der Waals surface area contributed by atoms with Crippen LogP contribution in [0.4, 0.5) is 0 Å². The van der Waals surface area contributed by atoms with E-state index in [4.69, 9.17) is 9.97 Å². The summed E-state index contributed by atoms with van der Waals surface area (Å²) in [6, 6.07) is 73.3. The maximum Gasteiger partial charge on any atom is 0.160 e. The molecule has 0 atom stereocenters. The highest BCUT2D eigenvalue weighted by Gasteiger charge is 2.21. The molecule has 276 valence electrons. The quantitative estimate of drug-likeness (QED) is 0.170. The average Bonchev–Trinajstić information content (AvgIpc) is 3.98. The monoisotopic (exact) mass is 753 g/mol. The molecule has 5 nitrogen and oxygen atoms in total. The van der Waals surface area contributed by atoms with Gasteiger partial charge in [0.2, 0.25) is 0 Å². The average molecular weight is 754 g/mol. The van der Waals surface area contributed by atoms with E-state index >= 15 is 0 Å². The van der Waals surface area contributed by atoms with E-state index in [0.717, 1.165) is 67.2 Å². The Hall–Kier alpha value is -8.02. The summed E-state index contributed by atoms with van der Waals surface area (Å²) in [5.74, 6) is 0.680. The summed E-state index contributed by atoms with van der Waals surface area (Å²) in [6.07, 6.45) is 2.18. The van der Waals surface area contributed by atoms with Crippen LogP contribution in [-0.4, -0.2) is 23.7 Å². The van der Waals surface area contributed by atoms with E-state index in [1.165, 1.54) is 32.4 Å². The summed E-state index contributed by atoms with van der Waals surface area (Å²) < 4.78 is 7.12. The van der Waals surface area contributed by atoms with Gasteiger partial charge in [-0.25, -0.2) is 9.97 Å². The SMILES string of the molecule is c1ccc(-c2cc(-c3ccccc3)nc(-c3cccc(-n4c5cc6c(ccn6-c6ccccc6)cc5c5cc6c7ccccc7n(-c7ccccc7)c6cc54)c3)n2)cc1. The van der Waals surface area contributed by atoms with E-state index in [9.17, 15) is 0 Å². The van der Waals surface area contributed by atoms with Crippen molar-refractivity contribution in [2.45, 2.75) is 0 Å². The number of aromatic nitrogens is 5. The fourth-order valence-electron chi connectivity index (χ4n) is 8.93. The van der Waals surface area contributed by atoms with E-state index in [0.29, 0.717) is 5.82 Å². The molecule has 8 aromatic carbocycles. The van der Waals surface area contributed by atoms with Gasteiger partial charge in [0.15, 0.2) is 5.82 Å². The number of benzene rings is 8. The van der Waals surface area contributed by atoms with Gasteiger partial charge in [-0.15, -0.1) is 0 Å². The summed E-state index contributed by atoms with van der Waals surface area (Å²) >= 11 is 0. The maximum absolute atomic E-state index is 5.21. The maximum atomic E-state index is 5.21. The molecule has 0 bridgehead atoms. The molecule has 0 unspecified atom stereocenters. The zero-order valence-electron chi connectivity index (χ0n) is 31.9. The topological polar surface area (TPSA) is 40.6 Å². The fourth-order valence-corrected chi connectivity index (χ4v) is 8.93. The van der Waals surface area contributed by atoms with Crippen molar-refractivity contribution in [2.75, 3.05) is 0 Å². The first-order chi connectivity index (χ1) is 29.2. The van der Waals surface area contributed by atoms with Crippen LogP contribution in [0, 0.1) is 0 Å². The summed E-state index contributed by atoms with van der Waals surface area (Å²) in [5.41, 5.74) is 13.9. The predicted molar refractivity (Wildman–Crippen MR) is 244 cm³/mol. The Kier molecular flexibility index (Phi) is 7.47. The minimum Gasteiger partial charge on any atom is -0.316 e. The molecular weight excluding hydrogens is 719 g/mol. The third-order valence-corrected chi connectivity index (χ3v) is 11.6. The number of rotatable bonds is 6. The van der Waals surface area contributed by atoms with Gasteiger partial charge in [0.25, 0.3) is 0 Å². The molecule has 0 aliphatic rings. The lowest BCUT2D eigenvalue weighted by Crippen LogP contribution is -1.99. The van der Waals surface area contributed by atoms with Gasteiger partial charge in [-0.1, -0.05) is 127 Å². The molecule has 0 amide bonds. The van der Waals surface area contributed by atoms with Crippen LogP contribution in [-0.2, 0) is 0 Å². The second kappa shape index (κ2) is 13.3. The Morgan fingerprint density at radius 3 is 1.49 bits per heavy atom. The van der Waals surface area contributed by atoms with Crippen molar-refractivity contribution >= 4 is 54.5 Å². The largest absolute Gasteiger partial charge is 0.316 e. The number of hydrogen-bond acceptors (Lipinski definition) is 2. The molecule has 5 heteroatoms. The number of para-hydroxylation sites is 3. The zero-order chi connectivity index (χ0) is 38.9. The van der Waals surface area contributed by atoms with E-state index in [-0.39, 0.29) is 0 Å². The molecule has 59 heavy (non-hydrogen) atoms. The molecule has 0 N–H and O–H groups in total. The third kappa shape index (κ3) is 5.40. The summed E-state index contributed by atoms with van der Waals surface area (Å²) in [6.45, 7) is 0. The van der Waals surface area contributed by atoms with Crippen LogP contribution in [0.2, 0.25) is 0 Å². The van der Waals surface area contributed by atoms with E-state index in [2.05, 4.69) is 214 Å². The first-order valence-corrected chi connectivity index (χ1v) is 20.0. The van der Waals surface area contributed by atoms with E-state index < -0.39 is 0 Å². The highest BCUT2D eigenvalue weighted by atomic mass is 15.0. The first kappa shape index (κ1) is 33.2. The molecule has 0 fully saturated rings. The summed E-state index contributed by atoms with van der Waals surface area (Å²) in [4.78, 5) is 10.4. The predicted octanol–water partition coefficient (Wildman–Crippen LogP) is 13.6. The summed E-state index contributed by atoms with van der Waals surface area (Å²) in [5, 5.41) is 6.07. The van der Waals surface area contributed by atoms with Crippen molar-refractivity contribution < 1.29 is 0 Å². The Labute approximate surface area is 340 Å². The third-order valence-electron chi connectivity index (χ3n) is 11.6.